The zero-order valence-electron chi connectivity index (χ0n) is 11.6. The van der Waals surface area contributed by atoms with E-state index in [0.717, 1.165) is 34.4 Å². The van der Waals surface area contributed by atoms with Gasteiger partial charge >= 0.3 is 0 Å². The predicted octanol–water partition coefficient (Wildman–Crippen LogP) is 1.91. The molecule has 3 aromatic rings. The third-order valence-corrected chi connectivity index (χ3v) is 4.51. The third-order valence-electron chi connectivity index (χ3n) is 3.69. The number of fused-ring (bicyclic) bond motifs is 1. The molecule has 7 heteroatoms. The maximum absolute atomic E-state index is 12.0. The van der Waals surface area contributed by atoms with E-state index in [2.05, 4.69) is 25.6 Å². The number of amides is 1. The molecule has 4 rings (SSSR count). The van der Waals surface area contributed by atoms with Crippen LogP contribution in [0, 0.1) is 5.92 Å². The highest BCUT2D eigenvalue weighted by Crippen LogP contribution is 2.26. The van der Waals surface area contributed by atoms with Crippen molar-refractivity contribution in [2.24, 2.45) is 5.92 Å². The molecule has 1 aliphatic heterocycles. The van der Waals surface area contributed by atoms with Crippen molar-refractivity contribution in [1.82, 2.24) is 20.3 Å². The molecule has 0 bridgehead atoms. The van der Waals surface area contributed by atoms with E-state index in [4.69, 9.17) is 0 Å². The fourth-order valence-electron chi connectivity index (χ4n) is 2.29. The van der Waals surface area contributed by atoms with Gasteiger partial charge in [-0.15, -0.1) is 11.3 Å². The number of carbonyl (C=O) groups excluding carboxylic acids is 1. The molecule has 0 spiro atoms. The second kappa shape index (κ2) is 5.43. The van der Waals surface area contributed by atoms with Crippen LogP contribution in [-0.4, -0.2) is 33.9 Å². The first-order valence-electron chi connectivity index (χ1n) is 6.96. The van der Waals surface area contributed by atoms with Crippen LogP contribution in [-0.2, 0) is 4.79 Å². The van der Waals surface area contributed by atoms with Crippen LogP contribution < -0.4 is 10.6 Å². The van der Waals surface area contributed by atoms with E-state index in [1.807, 2.05) is 24.5 Å². The maximum Gasteiger partial charge on any atom is 0.231 e. The number of thiazole rings is 1. The summed E-state index contributed by atoms with van der Waals surface area (Å²) in [5.41, 5.74) is 3.61. The molecule has 1 aliphatic rings. The molecule has 0 saturated carbocycles. The second-order valence-electron chi connectivity index (χ2n) is 5.20. The molecule has 2 N–H and O–H groups in total. The predicted molar refractivity (Wildman–Crippen MR) is 85.6 cm³/mol. The zero-order chi connectivity index (χ0) is 14.9. The minimum Gasteiger partial charge on any atom is -0.315 e. The van der Waals surface area contributed by atoms with Gasteiger partial charge in [0.05, 0.1) is 28.0 Å². The van der Waals surface area contributed by atoms with Crippen LogP contribution in [0.25, 0.3) is 21.3 Å². The summed E-state index contributed by atoms with van der Waals surface area (Å²) in [5, 5.41) is 6.89. The molecule has 22 heavy (non-hydrogen) atoms. The van der Waals surface area contributed by atoms with E-state index < -0.39 is 0 Å². The van der Waals surface area contributed by atoms with Crippen molar-refractivity contribution in [2.75, 3.05) is 18.4 Å². The summed E-state index contributed by atoms with van der Waals surface area (Å²) in [4.78, 5) is 25.8. The molecular weight excluding hydrogens is 298 g/mol. The molecule has 1 fully saturated rings. The number of pyridine rings is 2. The van der Waals surface area contributed by atoms with Crippen molar-refractivity contribution >= 4 is 34.0 Å². The molecular formula is C15H13N5OS. The van der Waals surface area contributed by atoms with Crippen LogP contribution >= 0.6 is 11.3 Å². The highest BCUT2D eigenvalue weighted by Gasteiger charge is 2.25. The molecule has 0 aliphatic carbocycles. The number of hydrogen-bond acceptors (Lipinski definition) is 6. The summed E-state index contributed by atoms with van der Waals surface area (Å²) >= 11 is 1.57. The maximum atomic E-state index is 12.0. The van der Waals surface area contributed by atoms with Gasteiger partial charge in [0.25, 0.3) is 0 Å². The highest BCUT2D eigenvalue weighted by molar-refractivity contribution is 7.13. The van der Waals surface area contributed by atoms with Crippen molar-refractivity contribution < 1.29 is 4.79 Å². The molecule has 0 atom stereocenters. The molecule has 3 aromatic heterocycles. The first-order valence-corrected chi connectivity index (χ1v) is 7.84. The van der Waals surface area contributed by atoms with Crippen molar-refractivity contribution in [1.29, 1.82) is 0 Å². The monoisotopic (exact) mass is 311 g/mol. The fraction of sp³-hybridized carbons (Fsp3) is 0.200. The van der Waals surface area contributed by atoms with Gasteiger partial charge in [0, 0.05) is 36.4 Å². The first kappa shape index (κ1) is 13.3. The van der Waals surface area contributed by atoms with Gasteiger partial charge in [0.1, 0.15) is 5.82 Å². The van der Waals surface area contributed by atoms with Crippen molar-refractivity contribution in [2.45, 2.75) is 0 Å². The Morgan fingerprint density at radius 1 is 1.23 bits per heavy atom. The number of aromatic nitrogens is 3. The van der Waals surface area contributed by atoms with Crippen LogP contribution in [0.5, 0.6) is 0 Å². The van der Waals surface area contributed by atoms with Crippen LogP contribution in [0.15, 0.2) is 36.2 Å². The molecule has 1 amide bonds. The third kappa shape index (κ3) is 2.44. The summed E-state index contributed by atoms with van der Waals surface area (Å²) < 4.78 is 0. The van der Waals surface area contributed by atoms with E-state index in [1.165, 1.54) is 0 Å². The largest absolute Gasteiger partial charge is 0.315 e. The van der Waals surface area contributed by atoms with Gasteiger partial charge in [-0.25, -0.2) is 4.98 Å². The molecule has 4 heterocycles. The molecule has 0 unspecified atom stereocenters. The van der Waals surface area contributed by atoms with E-state index in [-0.39, 0.29) is 11.8 Å². The summed E-state index contributed by atoms with van der Waals surface area (Å²) in [6.07, 6.45) is 5.32. The van der Waals surface area contributed by atoms with Crippen LogP contribution in [0.1, 0.15) is 0 Å². The minimum atomic E-state index is 0.0113. The molecule has 6 nitrogen and oxygen atoms in total. The SMILES string of the molecule is O=C(Nc1cc2cc(-c3cncs3)cnc2cn1)C1CNC1. The quantitative estimate of drug-likeness (QED) is 0.772. The Labute approximate surface area is 130 Å². The number of carbonyl (C=O) groups is 1. The highest BCUT2D eigenvalue weighted by atomic mass is 32.1. The molecule has 1 saturated heterocycles. The lowest BCUT2D eigenvalue weighted by Gasteiger charge is -2.25. The van der Waals surface area contributed by atoms with Gasteiger partial charge in [0.15, 0.2) is 0 Å². The lowest BCUT2D eigenvalue weighted by Crippen LogP contribution is -2.48. The van der Waals surface area contributed by atoms with Crippen molar-refractivity contribution in [3.8, 4) is 10.4 Å². The second-order valence-corrected chi connectivity index (χ2v) is 6.08. The number of rotatable bonds is 3. The number of nitrogens with one attached hydrogen (secondary N) is 2. The van der Waals surface area contributed by atoms with Gasteiger partial charge in [-0.3, -0.25) is 14.8 Å². The Balaban J connectivity index is 1.65. The Morgan fingerprint density at radius 2 is 2.14 bits per heavy atom. The zero-order valence-corrected chi connectivity index (χ0v) is 12.4. The summed E-state index contributed by atoms with van der Waals surface area (Å²) in [6, 6.07) is 3.90. The number of hydrogen-bond donors (Lipinski definition) is 2. The first-order chi connectivity index (χ1) is 10.8. The van der Waals surface area contributed by atoms with Gasteiger partial charge in [-0.05, 0) is 12.1 Å². The average molecular weight is 311 g/mol. The fourth-order valence-corrected chi connectivity index (χ4v) is 2.90. The van der Waals surface area contributed by atoms with Gasteiger partial charge in [-0.2, -0.15) is 0 Å². The number of nitrogens with zero attached hydrogens (tertiary/aromatic N) is 3. The van der Waals surface area contributed by atoms with Gasteiger partial charge in [0.2, 0.25) is 5.91 Å². The van der Waals surface area contributed by atoms with E-state index >= 15 is 0 Å². The van der Waals surface area contributed by atoms with Crippen LogP contribution in [0.2, 0.25) is 0 Å². The number of anilines is 1. The average Bonchev–Trinajstić information content (AvgIpc) is 2.98. The smallest absolute Gasteiger partial charge is 0.231 e. The van der Waals surface area contributed by atoms with Gasteiger partial charge in [-0.1, -0.05) is 0 Å². The topological polar surface area (TPSA) is 79.8 Å². The molecule has 0 aromatic carbocycles. The summed E-state index contributed by atoms with van der Waals surface area (Å²) in [7, 11) is 0. The van der Waals surface area contributed by atoms with Crippen LogP contribution in [0.4, 0.5) is 5.82 Å². The van der Waals surface area contributed by atoms with Crippen LogP contribution in [0.3, 0.4) is 0 Å². The summed E-state index contributed by atoms with van der Waals surface area (Å²) in [5.74, 6) is 0.615. The molecule has 0 radical (unpaired) electrons. The van der Waals surface area contributed by atoms with Crippen molar-refractivity contribution in [3.05, 3.63) is 36.2 Å². The molecule has 110 valence electrons. The van der Waals surface area contributed by atoms with E-state index in [0.29, 0.717) is 5.82 Å². The van der Waals surface area contributed by atoms with Crippen molar-refractivity contribution in [3.63, 3.8) is 0 Å². The van der Waals surface area contributed by atoms with Gasteiger partial charge < -0.3 is 10.6 Å². The Kier molecular flexibility index (Phi) is 3.28. The Bertz CT molecular complexity index is 829. The minimum absolute atomic E-state index is 0.0113. The summed E-state index contributed by atoms with van der Waals surface area (Å²) in [6.45, 7) is 1.47. The lowest BCUT2D eigenvalue weighted by molar-refractivity contribution is -0.121. The van der Waals surface area contributed by atoms with E-state index in [1.54, 1.807) is 23.0 Å². The standard InChI is InChI=1S/C15H13N5OS/c21-15(11-3-16-4-11)20-14-2-9-1-10(13-7-17-8-22-13)5-18-12(9)6-19-14/h1-2,5-8,11,16H,3-4H2,(H,19,20,21). The lowest BCUT2D eigenvalue weighted by atomic mass is 10.0. The normalized spacial score (nSPS) is 14.7. The Hall–Kier alpha value is -2.38. The van der Waals surface area contributed by atoms with E-state index in [9.17, 15) is 4.79 Å². The Morgan fingerprint density at radius 3 is 2.86 bits per heavy atom.